The van der Waals surface area contributed by atoms with Gasteiger partial charge in [-0.3, -0.25) is 5.41 Å². The van der Waals surface area contributed by atoms with E-state index >= 15 is 0 Å². The summed E-state index contributed by atoms with van der Waals surface area (Å²) in [6, 6.07) is 2.93. The van der Waals surface area contributed by atoms with Crippen molar-refractivity contribution in [3.63, 3.8) is 0 Å². The van der Waals surface area contributed by atoms with Gasteiger partial charge in [0.1, 0.15) is 12.4 Å². The number of hydrogen-bond acceptors (Lipinski definition) is 2. The molecule has 0 spiro atoms. The first-order valence-corrected chi connectivity index (χ1v) is 5.52. The summed E-state index contributed by atoms with van der Waals surface area (Å²) in [4.78, 5) is 0. The zero-order valence-electron chi connectivity index (χ0n) is 8.33. The molecule has 0 aliphatic heterocycles. The first-order valence-electron chi connectivity index (χ1n) is 4.35. The molecule has 1 aromatic rings. The summed E-state index contributed by atoms with van der Waals surface area (Å²) in [6.07, 6.45) is -4.37. The number of hydrogen-bond donors (Lipinski definition) is 3. The summed E-state index contributed by atoms with van der Waals surface area (Å²) in [5.74, 6) is -0.402. The fraction of sp³-hybridized carbons (Fsp3) is 0.222. The summed E-state index contributed by atoms with van der Waals surface area (Å²) < 4.78 is 36.7. The molecule has 0 fully saturated rings. The highest BCUT2D eigenvalue weighted by atomic mass is 79.9. The molecule has 1 aromatic carbocycles. The molecule has 0 saturated carbocycles. The van der Waals surface area contributed by atoms with Gasteiger partial charge in [-0.05, 0) is 28.1 Å². The Hall–Kier alpha value is -0.950. The van der Waals surface area contributed by atoms with Crippen LogP contribution in [0, 0.1) is 5.41 Å². The fourth-order valence-corrected chi connectivity index (χ4v) is 1.91. The highest BCUT2D eigenvalue weighted by Crippen LogP contribution is 2.32. The Morgan fingerprint density at radius 2 is 2.06 bits per heavy atom. The van der Waals surface area contributed by atoms with Crippen LogP contribution in [0.4, 0.5) is 18.9 Å². The van der Waals surface area contributed by atoms with E-state index in [0.717, 1.165) is 0 Å². The summed E-state index contributed by atoms with van der Waals surface area (Å²) in [5, 5.41) is 9.58. The van der Waals surface area contributed by atoms with E-state index in [1.54, 1.807) is 0 Å². The van der Waals surface area contributed by atoms with Crippen LogP contribution in [0.25, 0.3) is 0 Å². The van der Waals surface area contributed by atoms with Gasteiger partial charge in [-0.2, -0.15) is 13.2 Å². The van der Waals surface area contributed by atoms with E-state index in [1.165, 1.54) is 12.1 Å². The van der Waals surface area contributed by atoms with Gasteiger partial charge in [0.15, 0.2) is 0 Å². The number of halogens is 5. The third kappa shape index (κ3) is 3.78. The van der Waals surface area contributed by atoms with Crippen LogP contribution in [0.15, 0.2) is 16.6 Å². The number of anilines is 1. The van der Waals surface area contributed by atoms with Gasteiger partial charge in [0.05, 0.1) is 16.3 Å². The molecule has 0 radical (unpaired) electrons. The minimum Gasteiger partial charge on any atom is -0.384 e. The minimum absolute atomic E-state index is 0.0466. The maximum atomic E-state index is 12.1. The lowest BCUT2D eigenvalue weighted by molar-refractivity contribution is -0.115. The monoisotopic (exact) mass is 329 g/mol. The van der Waals surface area contributed by atoms with E-state index < -0.39 is 18.6 Å². The second-order valence-electron chi connectivity index (χ2n) is 3.16. The van der Waals surface area contributed by atoms with Crippen LogP contribution in [-0.4, -0.2) is 18.6 Å². The topological polar surface area (TPSA) is 61.9 Å². The smallest absolute Gasteiger partial charge is 0.384 e. The third-order valence-electron chi connectivity index (χ3n) is 1.84. The van der Waals surface area contributed by atoms with E-state index in [-0.39, 0.29) is 16.3 Å². The van der Waals surface area contributed by atoms with Gasteiger partial charge in [-0.15, -0.1) is 0 Å². The fourth-order valence-electron chi connectivity index (χ4n) is 1.18. The Kier molecular flexibility index (Phi) is 4.26. The van der Waals surface area contributed by atoms with Crippen LogP contribution in [0.5, 0.6) is 0 Å². The molecule has 1 rings (SSSR count). The number of benzene rings is 1. The number of amidine groups is 1. The molecule has 0 heterocycles. The number of rotatable bonds is 3. The molecule has 0 aliphatic carbocycles. The van der Waals surface area contributed by atoms with Crippen molar-refractivity contribution in [2.75, 3.05) is 11.9 Å². The van der Waals surface area contributed by atoms with Crippen molar-refractivity contribution in [3.8, 4) is 0 Å². The first kappa shape index (κ1) is 14.1. The lowest BCUT2D eigenvalue weighted by atomic mass is 10.1. The summed E-state index contributed by atoms with van der Waals surface area (Å²) in [5.41, 5.74) is 5.38. The standard InChI is InChI=1S/C9H8BrClF3N3/c10-4-1-2-5(11)6(8(15)16)7(4)17-3-9(12,13)14/h1-2,17H,3H2,(H3,15,16). The molecule has 94 valence electrons. The lowest BCUT2D eigenvalue weighted by Gasteiger charge is -2.15. The molecule has 8 heteroatoms. The van der Waals surface area contributed by atoms with Gasteiger partial charge in [-0.1, -0.05) is 11.6 Å². The van der Waals surface area contributed by atoms with Crippen LogP contribution < -0.4 is 11.1 Å². The molecule has 17 heavy (non-hydrogen) atoms. The first-order chi connectivity index (χ1) is 7.72. The predicted molar refractivity (Wildman–Crippen MR) is 64.7 cm³/mol. The Balaban J connectivity index is 3.13. The molecule has 0 bridgehead atoms. The molecule has 0 aliphatic rings. The Morgan fingerprint density at radius 3 is 2.53 bits per heavy atom. The van der Waals surface area contributed by atoms with Crippen LogP contribution >= 0.6 is 27.5 Å². The molecule has 0 atom stereocenters. The van der Waals surface area contributed by atoms with Crippen molar-refractivity contribution < 1.29 is 13.2 Å². The predicted octanol–water partition coefficient (Wildman–Crippen LogP) is 3.36. The quantitative estimate of drug-likeness (QED) is 0.588. The average Bonchev–Trinajstić information content (AvgIpc) is 2.17. The van der Waals surface area contributed by atoms with Gasteiger partial charge in [0.2, 0.25) is 0 Å². The molecular weight excluding hydrogens is 322 g/mol. The van der Waals surface area contributed by atoms with Gasteiger partial charge in [0, 0.05) is 4.47 Å². The van der Waals surface area contributed by atoms with Crippen molar-refractivity contribution in [2.45, 2.75) is 6.18 Å². The highest BCUT2D eigenvalue weighted by Gasteiger charge is 2.28. The molecule has 0 aromatic heterocycles. The lowest BCUT2D eigenvalue weighted by Crippen LogP contribution is -2.24. The average molecular weight is 331 g/mol. The SMILES string of the molecule is N=C(N)c1c(Cl)ccc(Br)c1NCC(F)(F)F. The number of nitrogens with two attached hydrogens (primary N) is 1. The molecule has 4 N–H and O–H groups in total. The van der Waals surface area contributed by atoms with Gasteiger partial charge in [0.25, 0.3) is 0 Å². The molecule has 0 amide bonds. The van der Waals surface area contributed by atoms with Crippen molar-refractivity contribution in [2.24, 2.45) is 5.73 Å². The van der Waals surface area contributed by atoms with Crippen molar-refractivity contribution in [1.29, 1.82) is 5.41 Å². The normalized spacial score (nSPS) is 11.4. The van der Waals surface area contributed by atoms with Crippen LogP contribution in [0.2, 0.25) is 5.02 Å². The zero-order valence-corrected chi connectivity index (χ0v) is 10.7. The second-order valence-corrected chi connectivity index (χ2v) is 4.42. The highest BCUT2D eigenvalue weighted by molar-refractivity contribution is 9.10. The van der Waals surface area contributed by atoms with Crippen LogP contribution in [0.1, 0.15) is 5.56 Å². The van der Waals surface area contributed by atoms with Crippen LogP contribution in [-0.2, 0) is 0 Å². The van der Waals surface area contributed by atoms with E-state index in [2.05, 4.69) is 21.2 Å². The maximum Gasteiger partial charge on any atom is 0.405 e. The van der Waals surface area contributed by atoms with Gasteiger partial charge >= 0.3 is 6.18 Å². The van der Waals surface area contributed by atoms with Gasteiger partial charge < -0.3 is 11.1 Å². The van der Waals surface area contributed by atoms with Crippen molar-refractivity contribution in [3.05, 3.63) is 27.2 Å². The minimum atomic E-state index is -4.37. The van der Waals surface area contributed by atoms with Crippen LogP contribution in [0.3, 0.4) is 0 Å². The molecule has 0 saturated heterocycles. The summed E-state index contributed by atoms with van der Waals surface area (Å²) in [7, 11) is 0. The van der Waals surface area contributed by atoms with Gasteiger partial charge in [-0.25, -0.2) is 0 Å². The number of nitrogen functional groups attached to an aromatic ring is 1. The Morgan fingerprint density at radius 1 is 1.47 bits per heavy atom. The largest absolute Gasteiger partial charge is 0.405 e. The third-order valence-corrected chi connectivity index (χ3v) is 2.81. The van der Waals surface area contributed by atoms with E-state index in [1.807, 2.05) is 0 Å². The Bertz CT molecular complexity index is 448. The van der Waals surface area contributed by atoms with E-state index in [4.69, 9.17) is 22.7 Å². The Labute approximate surface area is 109 Å². The van der Waals surface area contributed by atoms with E-state index in [0.29, 0.717) is 4.47 Å². The van der Waals surface area contributed by atoms with E-state index in [9.17, 15) is 13.2 Å². The molecular formula is C9H8BrClF3N3. The molecule has 0 unspecified atom stereocenters. The second kappa shape index (κ2) is 5.14. The molecule has 3 nitrogen and oxygen atoms in total. The zero-order chi connectivity index (χ0) is 13.2. The number of alkyl halides is 3. The maximum absolute atomic E-state index is 12.1. The summed E-state index contributed by atoms with van der Waals surface area (Å²) >= 11 is 8.86. The van der Waals surface area contributed by atoms with Crippen molar-refractivity contribution in [1.82, 2.24) is 0 Å². The summed E-state index contributed by atoms with van der Waals surface area (Å²) in [6.45, 7) is -1.23. The van der Waals surface area contributed by atoms with Crippen molar-refractivity contribution >= 4 is 39.1 Å². The number of nitrogens with one attached hydrogen (secondary N) is 2.